The third kappa shape index (κ3) is 4.35. The van der Waals surface area contributed by atoms with E-state index in [1.807, 2.05) is 6.92 Å². The van der Waals surface area contributed by atoms with Gasteiger partial charge < -0.3 is 5.32 Å². The third-order valence-electron chi connectivity index (χ3n) is 2.62. The second-order valence-electron chi connectivity index (χ2n) is 4.01. The second kappa shape index (κ2) is 6.60. The van der Waals surface area contributed by atoms with Gasteiger partial charge in [0.1, 0.15) is 5.82 Å². The molecule has 0 saturated carbocycles. The summed E-state index contributed by atoms with van der Waals surface area (Å²) >= 11 is 5.93. The fraction of sp³-hybridized carbons (Fsp3) is 0.462. The maximum atomic E-state index is 13.2. The number of amides is 1. The molecule has 0 aliphatic rings. The number of carbonyl (C=O) groups excluding carboxylic acids is 1. The van der Waals surface area contributed by atoms with Crippen LogP contribution in [-0.2, 0) is 0 Å². The summed E-state index contributed by atoms with van der Waals surface area (Å²) in [7, 11) is 0. The second-order valence-corrected chi connectivity index (χ2v) is 4.63. The molecule has 1 rings (SSSR count). The van der Waals surface area contributed by atoms with E-state index in [0.29, 0.717) is 17.7 Å². The molecular formula is C13H17ClFNO. The highest BCUT2D eigenvalue weighted by molar-refractivity contribution is 6.20. The molecule has 2 nitrogen and oxygen atoms in total. The molecule has 1 amide bonds. The number of rotatable bonds is 5. The maximum Gasteiger partial charge on any atom is 0.251 e. The Hall–Kier alpha value is -1.09. The van der Waals surface area contributed by atoms with Crippen LogP contribution in [0.2, 0.25) is 0 Å². The molecule has 1 unspecified atom stereocenters. The Morgan fingerprint density at radius 3 is 2.82 bits per heavy atom. The van der Waals surface area contributed by atoms with E-state index in [-0.39, 0.29) is 17.1 Å². The normalized spacial score (nSPS) is 12.2. The first-order chi connectivity index (χ1) is 8.04. The molecule has 0 heterocycles. The molecule has 0 aliphatic heterocycles. The first kappa shape index (κ1) is 14.0. The van der Waals surface area contributed by atoms with Crippen LogP contribution < -0.4 is 5.32 Å². The van der Waals surface area contributed by atoms with E-state index in [0.717, 1.165) is 12.8 Å². The molecule has 0 fully saturated rings. The maximum absolute atomic E-state index is 13.2. The summed E-state index contributed by atoms with van der Waals surface area (Å²) in [6.45, 7) is 4.17. The number of halogens is 2. The Morgan fingerprint density at radius 2 is 2.24 bits per heavy atom. The lowest BCUT2D eigenvalue weighted by molar-refractivity contribution is 0.0952. The lowest BCUT2D eigenvalue weighted by Gasteiger charge is -2.08. The fourth-order valence-electron chi connectivity index (χ4n) is 1.38. The van der Waals surface area contributed by atoms with E-state index in [1.165, 1.54) is 6.07 Å². The van der Waals surface area contributed by atoms with Gasteiger partial charge in [-0.25, -0.2) is 4.39 Å². The molecule has 1 aromatic carbocycles. The van der Waals surface area contributed by atoms with Gasteiger partial charge >= 0.3 is 0 Å². The molecule has 0 spiro atoms. The molecule has 1 N–H and O–H groups in total. The largest absolute Gasteiger partial charge is 0.352 e. The molecule has 0 radical (unpaired) electrons. The molecular weight excluding hydrogens is 241 g/mol. The summed E-state index contributed by atoms with van der Waals surface area (Å²) in [5, 5.41) is 2.79. The number of benzene rings is 1. The average Bonchev–Trinajstić information content (AvgIpc) is 2.32. The Balaban J connectivity index is 2.50. The topological polar surface area (TPSA) is 29.1 Å². The summed E-state index contributed by atoms with van der Waals surface area (Å²) < 4.78 is 13.2. The van der Waals surface area contributed by atoms with Crippen LogP contribution in [0.4, 0.5) is 4.39 Å². The van der Waals surface area contributed by atoms with Crippen LogP contribution in [0.3, 0.4) is 0 Å². The van der Waals surface area contributed by atoms with Gasteiger partial charge in [-0.15, -0.1) is 11.6 Å². The van der Waals surface area contributed by atoms with Crippen LogP contribution in [0, 0.1) is 12.7 Å². The molecule has 0 aliphatic carbocycles. The summed E-state index contributed by atoms with van der Waals surface area (Å²) in [4.78, 5) is 11.7. The van der Waals surface area contributed by atoms with Gasteiger partial charge in [0.2, 0.25) is 0 Å². The summed E-state index contributed by atoms with van der Waals surface area (Å²) in [6.07, 6.45) is 1.59. The van der Waals surface area contributed by atoms with E-state index in [1.54, 1.807) is 19.1 Å². The minimum absolute atomic E-state index is 0.0741. The van der Waals surface area contributed by atoms with Gasteiger partial charge in [-0.1, -0.05) is 13.0 Å². The number of carbonyl (C=O) groups is 1. The zero-order valence-corrected chi connectivity index (χ0v) is 10.9. The number of nitrogens with one attached hydrogen (secondary N) is 1. The van der Waals surface area contributed by atoms with E-state index in [4.69, 9.17) is 11.6 Å². The van der Waals surface area contributed by atoms with Crippen LogP contribution in [-0.4, -0.2) is 17.8 Å². The average molecular weight is 258 g/mol. The van der Waals surface area contributed by atoms with Gasteiger partial charge in [0.15, 0.2) is 0 Å². The fourth-order valence-corrected chi connectivity index (χ4v) is 1.49. The van der Waals surface area contributed by atoms with Gasteiger partial charge in [-0.2, -0.15) is 0 Å². The molecule has 4 heteroatoms. The monoisotopic (exact) mass is 257 g/mol. The van der Waals surface area contributed by atoms with Gasteiger partial charge in [0.25, 0.3) is 5.91 Å². The van der Waals surface area contributed by atoms with Gasteiger partial charge in [-0.05, 0) is 37.5 Å². The number of hydrogen-bond donors (Lipinski definition) is 1. The van der Waals surface area contributed by atoms with E-state index >= 15 is 0 Å². The Morgan fingerprint density at radius 1 is 1.53 bits per heavy atom. The molecule has 17 heavy (non-hydrogen) atoms. The van der Waals surface area contributed by atoms with Gasteiger partial charge in [0, 0.05) is 17.5 Å². The minimum Gasteiger partial charge on any atom is -0.352 e. The number of aryl methyl sites for hydroxylation is 1. The third-order valence-corrected chi connectivity index (χ3v) is 3.15. The van der Waals surface area contributed by atoms with E-state index in [2.05, 4.69) is 5.32 Å². The summed E-state index contributed by atoms with van der Waals surface area (Å²) in [5.74, 6) is -0.620. The van der Waals surface area contributed by atoms with Crippen molar-refractivity contribution in [3.63, 3.8) is 0 Å². The predicted octanol–water partition coefficient (Wildman–Crippen LogP) is 3.27. The Labute approximate surface area is 106 Å². The first-order valence-electron chi connectivity index (χ1n) is 5.73. The predicted molar refractivity (Wildman–Crippen MR) is 68.0 cm³/mol. The van der Waals surface area contributed by atoms with Crippen molar-refractivity contribution in [1.29, 1.82) is 0 Å². The Bertz CT molecular complexity index is 395. The molecule has 0 bridgehead atoms. The quantitative estimate of drug-likeness (QED) is 0.806. The van der Waals surface area contributed by atoms with Crippen LogP contribution >= 0.6 is 11.6 Å². The van der Waals surface area contributed by atoms with Crippen LogP contribution in [0.5, 0.6) is 0 Å². The Kier molecular flexibility index (Phi) is 5.42. The molecule has 94 valence electrons. The number of hydrogen-bond acceptors (Lipinski definition) is 1. The van der Waals surface area contributed by atoms with E-state index in [9.17, 15) is 9.18 Å². The van der Waals surface area contributed by atoms with Crippen molar-refractivity contribution in [3.05, 3.63) is 35.1 Å². The first-order valence-corrected chi connectivity index (χ1v) is 6.16. The zero-order chi connectivity index (χ0) is 12.8. The highest BCUT2D eigenvalue weighted by atomic mass is 35.5. The SMILES string of the molecule is CCC(Cl)CCNC(=O)c1ccc(C)c(F)c1. The number of alkyl halides is 1. The summed E-state index contributed by atoms with van der Waals surface area (Å²) in [5.41, 5.74) is 0.879. The van der Waals surface area contributed by atoms with Crippen molar-refractivity contribution in [2.24, 2.45) is 0 Å². The van der Waals surface area contributed by atoms with Crippen LogP contribution in [0.1, 0.15) is 35.7 Å². The van der Waals surface area contributed by atoms with Crippen molar-refractivity contribution >= 4 is 17.5 Å². The lowest BCUT2D eigenvalue weighted by Crippen LogP contribution is -2.26. The van der Waals surface area contributed by atoms with Crippen LogP contribution in [0.25, 0.3) is 0 Å². The van der Waals surface area contributed by atoms with Gasteiger partial charge in [0.05, 0.1) is 0 Å². The van der Waals surface area contributed by atoms with Crippen molar-refractivity contribution in [1.82, 2.24) is 5.32 Å². The summed E-state index contributed by atoms with van der Waals surface area (Å²) in [6, 6.07) is 4.47. The van der Waals surface area contributed by atoms with Crippen molar-refractivity contribution in [2.45, 2.75) is 32.1 Å². The van der Waals surface area contributed by atoms with Crippen molar-refractivity contribution < 1.29 is 9.18 Å². The molecule has 1 atom stereocenters. The standard InChI is InChI=1S/C13H17ClFNO/c1-3-11(14)6-7-16-13(17)10-5-4-9(2)12(15)8-10/h4-5,8,11H,3,6-7H2,1-2H3,(H,16,17). The molecule has 0 saturated heterocycles. The highest BCUT2D eigenvalue weighted by Gasteiger charge is 2.08. The molecule has 1 aromatic rings. The van der Waals surface area contributed by atoms with Crippen molar-refractivity contribution in [3.8, 4) is 0 Å². The minimum atomic E-state index is -0.360. The van der Waals surface area contributed by atoms with E-state index < -0.39 is 0 Å². The van der Waals surface area contributed by atoms with Gasteiger partial charge in [-0.3, -0.25) is 4.79 Å². The smallest absolute Gasteiger partial charge is 0.251 e. The lowest BCUT2D eigenvalue weighted by atomic mass is 10.1. The van der Waals surface area contributed by atoms with Crippen molar-refractivity contribution in [2.75, 3.05) is 6.54 Å². The highest BCUT2D eigenvalue weighted by Crippen LogP contribution is 2.09. The zero-order valence-electron chi connectivity index (χ0n) is 10.1. The molecule has 0 aromatic heterocycles. The van der Waals surface area contributed by atoms with Crippen LogP contribution in [0.15, 0.2) is 18.2 Å².